The van der Waals surface area contributed by atoms with Gasteiger partial charge < -0.3 is 15.2 Å². The molecule has 2 atom stereocenters. The topological polar surface area (TPSA) is 93.0 Å². The zero-order valence-corrected chi connectivity index (χ0v) is 12.6. The van der Waals surface area contributed by atoms with Crippen LogP contribution in [0.1, 0.15) is 28.8 Å². The molecule has 0 saturated heterocycles. The van der Waals surface area contributed by atoms with Crippen LogP contribution < -0.4 is 10.4 Å². The Morgan fingerprint density at radius 2 is 1.95 bits per heavy atom. The van der Waals surface area contributed by atoms with Crippen LogP contribution in [0.4, 0.5) is 5.00 Å². The molecule has 0 spiro atoms. The summed E-state index contributed by atoms with van der Waals surface area (Å²) < 4.78 is 0. The molecular weight excluding hydrogens is 288 g/mol. The third kappa shape index (κ3) is 2.98. The number of aryl methyl sites for hydroxylation is 1. The zero-order valence-electron chi connectivity index (χ0n) is 11.8. The highest BCUT2D eigenvalue weighted by Gasteiger charge is 2.30. The van der Waals surface area contributed by atoms with Crippen molar-refractivity contribution >= 4 is 28.2 Å². The summed E-state index contributed by atoms with van der Waals surface area (Å²) in [4.78, 5) is 24.4. The minimum atomic E-state index is -1.21. The number of aliphatic carboxylic acids is 1. The van der Waals surface area contributed by atoms with Crippen LogP contribution in [0.2, 0.25) is 0 Å². The normalized spacial score (nSPS) is 20.8. The molecule has 0 bridgehead atoms. The number of carboxylic acid groups (broad SMARTS) is 1. The van der Waals surface area contributed by atoms with Gasteiger partial charge in [0.2, 0.25) is 5.91 Å². The van der Waals surface area contributed by atoms with E-state index in [0.29, 0.717) is 23.4 Å². The molecule has 110 valence electrons. The van der Waals surface area contributed by atoms with Crippen LogP contribution in [0.25, 0.3) is 0 Å². The van der Waals surface area contributed by atoms with E-state index in [2.05, 4.69) is 11.4 Å². The highest BCUT2D eigenvalue weighted by Crippen LogP contribution is 2.33. The molecule has 1 heterocycles. The second-order valence-electron chi connectivity index (χ2n) is 5.06. The summed E-state index contributed by atoms with van der Waals surface area (Å²) in [7, 11) is 0. The molecule has 1 aromatic heterocycles. The molecule has 0 saturated carbocycles. The monoisotopic (exact) mass is 303 g/mol. The zero-order chi connectivity index (χ0) is 15.6. The van der Waals surface area contributed by atoms with Gasteiger partial charge in [0.15, 0.2) is 0 Å². The average molecular weight is 303 g/mol. The van der Waals surface area contributed by atoms with Crippen molar-refractivity contribution in [2.24, 2.45) is 11.8 Å². The molecule has 1 aromatic rings. The van der Waals surface area contributed by atoms with Gasteiger partial charge in [-0.3, -0.25) is 4.79 Å². The minimum Gasteiger partial charge on any atom is -0.550 e. The van der Waals surface area contributed by atoms with Crippen LogP contribution >= 0.6 is 11.3 Å². The number of carbonyl (C=O) groups is 2. The minimum absolute atomic E-state index is 0.300. The molecule has 1 N–H and O–H groups in total. The Morgan fingerprint density at radius 1 is 1.33 bits per heavy atom. The number of nitriles is 1. The fourth-order valence-corrected chi connectivity index (χ4v) is 3.43. The molecule has 2 rings (SSSR count). The van der Waals surface area contributed by atoms with Crippen LogP contribution in [0.3, 0.4) is 0 Å². The van der Waals surface area contributed by atoms with E-state index in [0.717, 1.165) is 10.4 Å². The van der Waals surface area contributed by atoms with E-state index in [-0.39, 0.29) is 5.91 Å². The second kappa shape index (κ2) is 6.10. The number of nitrogens with zero attached hydrogens (tertiary/aromatic N) is 1. The first kappa shape index (κ1) is 15.3. The lowest BCUT2D eigenvalue weighted by Crippen LogP contribution is -2.41. The van der Waals surface area contributed by atoms with Gasteiger partial charge in [0.25, 0.3) is 0 Å². The summed E-state index contributed by atoms with van der Waals surface area (Å²) >= 11 is 1.33. The van der Waals surface area contributed by atoms with E-state index < -0.39 is 17.8 Å². The Labute approximate surface area is 126 Å². The first-order valence-corrected chi connectivity index (χ1v) is 7.44. The fraction of sp³-hybridized carbons (Fsp3) is 0.400. The van der Waals surface area contributed by atoms with Crippen molar-refractivity contribution in [3.8, 4) is 6.07 Å². The van der Waals surface area contributed by atoms with Gasteiger partial charge in [-0.15, -0.1) is 11.3 Å². The first-order chi connectivity index (χ1) is 9.95. The Hall–Kier alpha value is -2.13. The molecule has 0 aliphatic heterocycles. The Balaban J connectivity index is 2.22. The molecule has 0 radical (unpaired) electrons. The van der Waals surface area contributed by atoms with E-state index in [1.54, 1.807) is 12.2 Å². The van der Waals surface area contributed by atoms with E-state index in [1.165, 1.54) is 11.3 Å². The number of hydrogen-bond acceptors (Lipinski definition) is 5. The molecule has 5 nitrogen and oxygen atoms in total. The van der Waals surface area contributed by atoms with Gasteiger partial charge in [-0.1, -0.05) is 12.2 Å². The van der Waals surface area contributed by atoms with Gasteiger partial charge in [0.1, 0.15) is 11.1 Å². The number of allylic oxidation sites excluding steroid dienone is 2. The molecule has 1 amide bonds. The SMILES string of the molecule is Cc1sc(NC(=O)[C@@H]2CC=CC[C@H]2C(=O)[O-])c(C#N)c1C. The van der Waals surface area contributed by atoms with Gasteiger partial charge in [-0.25, -0.2) is 0 Å². The summed E-state index contributed by atoms with van der Waals surface area (Å²) in [6, 6.07) is 2.08. The van der Waals surface area contributed by atoms with E-state index in [9.17, 15) is 14.7 Å². The summed E-state index contributed by atoms with van der Waals surface area (Å²) in [6.45, 7) is 3.71. The molecule has 0 unspecified atom stereocenters. The number of carbonyl (C=O) groups excluding carboxylic acids is 2. The lowest BCUT2D eigenvalue weighted by molar-refractivity contribution is -0.313. The molecule has 0 fully saturated rings. The van der Waals surface area contributed by atoms with Crippen molar-refractivity contribution in [1.82, 2.24) is 0 Å². The number of carboxylic acids is 1. The standard InChI is InChI=1S/C15H16N2O3S/c1-8-9(2)21-14(12(8)7-16)17-13(18)10-5-3-4-6-11(10)15(19)20/h3-4,10-11H,5-6H2,1-2H3,(H,17,18)(H,19,20)/p-1/t10-,11-/m1/s1. The lowest BCUT2D eigenvalue weighted by Gasteiger charge is -2.28. The number of nitrogens with one attached hydrogen (secondary N) is 1. The van der Waals surface area contributed by atoms with Crippen LogP contribution in [-0.4, -0.2) is 11.9 Å². The largest absolute Gasteiger partial charge is 0.550 e. The van der Waals surface area contributed by atoms with Crippen LogP contribution in [0.15, 0.2) is 12.2 Å². The van der Waals surface area contributed by atoms with Gasteiger partial charge in [0.05, 0.1) is 11.5 Å². The summed E-state index contributed by atoms with van der Waals surface area (Å²) in [5.74, 6) is -3.05. The summed E-state index contributed by atoms with van der Waals surface area (Å²) in [5.41, 5.74) is 1.29. The smallest absolute Gasteiger partial charge is 0.229 e. The van der Waals surface area contributed by atoms with Gasteiger partial charge in [-0.2, -0.15) is 5.26 Å². The van der Waals surface area contributed by atoms with Crippen LogP contribution in [-0.2, 0) is 9.59 Å². The Bertz CT molecular complexity index is 655. The summed E-state index contributed by atoms with van der Waals surface area (Å²) in [6.07, 6.45) is 4.23. The third-order valence-electron chi connectivity index (χ3n) is 3.81. The number of anilines is 1. The van der Waals surface area contributed by atoms with E-state index in [4.69, 9.17) is 5.26 Å². The second-order valence-corrected chi connectivity index (χ2v) is 6.29. The maximum atomic E-state index is 12.3. The third-order valence-corrected chi connectivity index (χ3v) is 4.93. The average Bonchev–Trinajstić information content (AvgIpc) is 2.73. The number of amides is 1. The molecule has 21 heavy (non-hydrogen) atoms. The van der Waals surface area contributed by atoms with Crippen LogP contribution in [0, 0.1) is 37.0 Å². The van der Waals surface area contributed by atoms with Crippen molar-refractivity contribution in [1.29, 1.82) is 5.26 Å². The van der Waals surface area contributed by atoms with E-state index >= 15 is 0 Å². The molecule has 0 aromatic carbocycles. The van der Waals surface area contributed by atoms with Crippen molar-refractivity contribution in [2.75, 3.05) is 5.32 Å². The molecule has 6 heteroatoms. The van der Waals surface area contributed by atoms with Gasteiger partial charge in [-0.05, 0) is 32.3 Å². The Kier molecular flexibility index (Phi) is 4.43. The van der Waals surface area contributed by atoms with Crippen LogP contribution in [0.5, 0.6) is 0 Å². The highest BCUT2D eigenvalue weighted by molar-refractivity contribution is 7.16. The highest BCUT2D eigenvalue weighted by atomic mass is 32.1. The van der Waals surface area contributed by atoms with Crippen molar-refractivity contribution in [3.63, 3.8) is 0 Å². The summed E-state index contributed by atoms with van der Waals surface area (Å²) in [5, 5.41) is 23.5. The van der Waals surface area contributed by atoms with E-state index in [1.807, 2.05) is 13.8 Å². The molecule has 1 aliphatic carbocycles. The van der Waals surface area contributed by atoms with Crippen molar-refractivity contribution in [3.05, 3.63) is 28.2 Å². The quantitative estimate of drug-likeness (QED) is 0.856. The fourth-order valence-electron chi connectivity index (χ4n) is 2.42. The van der Waals surface area contributed by atoms with Gasteiger partial charge >= 0.3 is 0 Å². The van der Waals surface area contributed by atoms with Gasteiger partial charge in [0, 0.05) is 16.8 Å². The number of thiophene rings is 1. The predicted octanol–water partition coefficient (Wildman–Crippen LogP) is 1.51. The van der Waals surface area contributed by atoms with Crippen molar-refractivity contribution in [2.45, 2.75) is 26.7 Å². The number of rotatable bonds is 3. The Morgan fingerprint density at radius 3 is 2.52 bits per heavy atom. The molecular formula is C15H15N2O3S-. The maximum Gasteiger partial charge on any atom is 0.229 e. The molecule has 1 aliphatic rings. The first-order valence-electron chi connectivity index (χ1n) is 6.62. The number of hydrogen-bond donors (Lipinski definition) is 1. The lowest BCUT2D eigenvalue weighted by atomic mass is 9.82. The predicted molar refractivity (Wildman–Crippen MR) is 77.5 cm³/mol. The maximum absolute atomic E-state index is 12.3. The van der Waals surface area contributed by atoms with Crippen molar-refractivity contribution < 1.29 is 14.7 Å².